The second-order valence-electron chi connectivity index (χ2n) is 8.51. The fourth-order valence-electron chi connectivity index (χ4n) is 3.98. The molecule has 2 aliphatic heterocycles. The number of alkyl halides is 3. The highest BCUT2D eigenvalue weighted by Gasteiger charge is 2.51. The zero-order valence-electron chi connectivity index (χ0n) is 18.5. The predicted octanol–water partition coefficient (Wildman–Crippen LogP) is 2.99. The van der Waals surface area contributed by atoms with Crippen LogP contribution in [-0.4, -0.2) is 52.2 Å². The quantitative estimate of drug-likeness (QED) is 0.609. The first-order chi connectivity index (χ1) is 16.4. The summed E-state index contributed by atoms with van der Waals surface area (Å²) < 4.78 is 51.8. The molecule has 1 saturated heterocycles. The maximum atomic E-state index is 13.5. The number of ether oxygens (including phenoxy) is 2. The molecule has 8 nitrogen and oxygen atoms in total. The fourth-order valence-corrected chi connectivity index (χ4v) is 4.50. The summed E-state index contributed by atoms with van der Waals surface area (Å²) in [5, 5.41) is 27.9. The van der Waals surface area contributed by atoms with E-state index in [2.05, 4.69) is 0 Å². The summed E-state index contributed by atoms with van der Waals surface area (Å²) in [4.78, 5) is 15.8. The second kappa shape index (κ2) is 8.67. The molecule has 1 fully saturated rings. The summed E-state index contributed by atoms with van der Waals surface area (Å²) in [7, 11) is 0. The lowest BCUT2D eigenvalue weighted by Crippen LogP contribution is -2.44. The van der Waals surface area contributed by atoms with Crippen LogP contribution in [0.5, 0.6) is 11.5 Å². The van der Waals surface area contributed by atoms with E-state index in [1.54, 1.807) is 32.0 Å². The average Bonchev–Trinajstić information content (AvgIpc) is 3.00. The summed E-state index contributed by atoms with van der Waals surface area (Å²) >= 11 is 5.53. The molecule has 2 aromatic carbocycles. The van der Waals surface area contributed by atoms with Crippen molar-refractivity contribution in [3.8, 4) is 17.6 Å². The van der Waals surface area contributed by atoms with Gasteiger partial charge < -0.3 is 24.6 Å². The number of nitriles is 1. The van der Waals surface area contributed by atoms with Crippen molar-refractivity contribution in [2.45, 2.75) is 37.8 Å². The van der Waals surface area contributed by atoms with Crippen LogP contribution in [0.3, 0.4) is 0 Å². The normalized spacial score (nSPS) is 20.1. The Morgan fingerprint density at radius 2 is 1.91 bits per heavy atom. The third-order valence-corrected chi connectivity index (χ3v) is 6.20. The van der Waals surface area contributed by atoms with Gasteiger partial charge in [0.05, 0.1) is 29.5 Å². The standard InChI is InChI=1S/C23H20F3N3O5S/c1-22(2)20(32)28(13-4-3-12(9-27)15(7-13)23(24,25)26)21(35)29(22)14-5-6-17-18(8-14)33-11-19(34-17)16(31)10-30/h3-8,16,19,30-31H,10-11H2,1-2H3/t16?,19-/m1/s1. The van der Waals surface area contributed by atoms with Crippen molar-refractivity contribution in [3.05, 3.63) is 47.5 Å². The summed E-state index contributed by atoms with van der Waals surface area (Å²) in [5.74, 6) is 0.0676. The minimum absolute atomic E-state index is 0.0253. The summed E-state index contributed by atoms with van der Waals surface area (Å²) in [6, 6.07) is 9.22. The van der Waals surface area contributed by atoms with Gasteiger partial charge in [-0.2, -0.15) is 18.4 Å². The van der Waals surface area contributed by atoms with Crippen LogP contribution < -0.4 is 19.3 Å². The highest BCUT2D eigenvalue weighted by atomic mass is 32.1. The van der Waals surface area contributed by atoms with Gasteiger partial charge >= 0.3 is 6.18 Å². The van der Waals surface area contributed by atoms with Crippen molar-refractivity contribution < 1.29 is 37.7 Å². The third kappa shape index (κ3) is 4.16. The number of carbonyl (C=O) groups is 1. The van der Waals surface area contributed by atoms with Gasteiger partial charge in [-0.1, -0.05) is 0 Å². The van der Waals surface area contributed by atoms with E-state index >= 15 is 0 Å². The van der Waals surface area contributed by atoms with Crippen molar-refractivity contribution in [1.82, 2.24) is 0 Å². The number of halogens is 3. The van der Waals surface area contributed by atoms with Crippen LogP contribution >= 0.6 is 12.2 Å². The molecule has 35 heavy (non-hydrogen) atoms. The van der Waals surface area contributed by atoms with Crippen LogP contribution in [0.4, 0.5) is 24.5 Å². The van der Waals surface area contributed by atoms with Gasteiger partial charge in [-0.05, 0) is 56.4 Å². The molecule has 12 heteroatoms. The van der Waals surface area contributed by atoms with Crippen molar-refractivity contribution in [3.63, 3.8) is 0 Å². The number of rotatable bonds is 4. The number of amides is 1. The van der Waals surface area contributed by atoms with E-state index in [1.165, 1.54) is 17.0 Å². The van der Waals surface area contributed by atoms with Crippen molar-refractivity contribution in [2.24, 2.45) is 0 Å². The first-order valence-corrected chi connectivity index (χ1v) is 10.8. The minimum Gasteiger partial charge on any atom is -0.486 e. The van der Waals surface area contributed by atoms with Crippen molar-refractivity contribution >= 4 is 34.6 Å². The summed E-state index contributed by atoms with van der Waals surface area (Å²) in [6.45, 7) is 2.64. The van der Waals surface area contributed by atoms with E-state index in [1.807, 2.05) is 0 Å². The first-order valence-electron chi connectivity index (χ1n) is 10.4. The number of hydrogen-bond acceptors (Lipinski definition) is 7. The average molecular weight is 507 g/mol. The topological polar surface area (TPSA) is 106 Å². The second-order valence-corrected chi connectivity index (χ2v) is 8.87. The van der Waals surface area contributed by atoms with Gasteiger partial charge in [-0.15, -0.1) is 0 Å². The Bertz CT molecular complexity index is 1240. The predicted molar refractivity (Wildman–Crippen MR) is 122 cm³/mol. The Balaban J connectivity index is 1.70. The number of hydrogen-bond donors (Lipinski definition) is 2. The van der Waals surface area contributed by atoms with Crippen molar-refractivity contribution in [1.29, 1.82) is 5.26 Å². The van der Waals surface area contributed by atoms with Crippen LogP contribution in [0.15, 0.2) is 36.4 Å². The van der Waals surface area contributed by atoms with E-state index in [4.69, 9.17) is 32.1 Å². The van der Waals surface area contributed by atoms with Gasteiger partial charge in [0.1, 0.15) is 18.2 Å². The van der Waals surface area contributed by atoms with Gasteiger partial charge in [0.25, 0.3) is 5.91 Å². The van der Waals surface area contributed by atoms with Gasteiger partial charge in [-0.25, -0.2) is 0 Å². The van der Waals surface area contributed by atoms with E-state index in [0.717, 1.165) is 17.0 Å². The molecule has 0 aliphatic carbocycles. The van der Waals surface area contributed by atoms with Crippen LogP contribution in [0.1, 0.15) is 25.0 Å². The van der Waals surface area contributed by atoms with E-state index in [-0.39, 0.29) is 17.4 Å². The van der Waals surface area contributed by atoms with Crippen LogP contribution in [-0.2, 0) is 11.0 Å². The Hall–Kier alpha value is -3.40. The zero-order chi connectivity index (χ0) is 25.7. The number of aliphatic hydroxyl groups excluding tert-OH is 2. The number of anilines is 2. The molecular weight excluding hydrogens is 487 g/mol. The largest absolute Gasteiger partial charge is 0.486 e. The molecule has 4 rings (SSSR count). The molecule has 2 aliphatic rings. The monoisotopic (exact) mass is 507 g/mol. The highest BCUT2D eigenvalue weighted by Crippen LogP contribution is 2.42. The molecule has 0 spiro atoms. The Morgan fingerprint density at radius 1 is 1.23 bits per heavy atom. The maximum absolute atomic E-state index is 13.5. The van der Waals surface area contributed by atoms with E-state index in [0.29, 0.717) is 17.2 Å². The number of benzene rings is 2. The molecule has 0 radical (unpaired) electrons. The van der Waals surface area contributed by atoms with E-state index in [9.17, 15) is 23.1 Å². The molecule has 0 bridgehead atoms. The van der Waals surface area contributed by atoms with Gasteiger partial charge in [0.15, 0.2) is 22.7 Å². The SMILES string of the molecule is CC1(C)C(=O)N(c2ccc(C#N)c(C(F)(F)F)c2)C(=S)N1c1ccc2c(c1)OC[C@H](C(O)CO)O2. The molecule has 2 N–H and O–H groups in total. The number of aliphatic hydroxyl groups is 2. The number of carbonyl (C=O) groups excluding carboxylic acids is 1. The number of nitrogens with zero attached hydrogens (tertiary/aromatic N) is 3. The Morgan fingerprint density at radius 3 is 2.54 bits per heavy atom. The number of thiocarbonyl (C=S) groups is 1. The maximum Gasteiger partial charge on any atom is 0.417 e. The lowest BCUT2D eigenvalue weighted by molar-refractivity contribution is -0.137. The minimum atomic E-state index is -4.79. The molecule has 1 amide bonds. The molecule has 0 saturated carbocycles. The smallest absolute Gasteiger partial charge is 0.417 e. The zero-order valence-corrected chi connectivity index (χ0v) is 19.4. The first kappa shape index (κ1) is 24.7. The Kier molecular flexibility index (Phi) is 6.12. The summed E-state index contributed by atoms with van der Waals surface area (Å²) in [6.07, 6.45) is -6.69. The molecular formula is C23H20F3N3O5S. The van der Waals surface area contributed by atoms with Crippen molar-refractivity contribution in [2.75, 3.05) is 23.0 Å². The molecule has 0 aromatic heterocycles. The molecule has 184 valence electrons. The van der Waals surface area contributed by atoms with Crippen LogP contribution in [0, 0.1) is 11.3 Å². The van der Waals surface area contributed by atoms with Gasteiger partial charge in [0.2, 0.25) is 0 Å². The molecule has 2 heterocycles. The number of fused-ring (bicyclic) bond motifs is 1. The van der Waals surface area contributed by atoms with Crippen LogP contribution in [0.25, 0.3) is 0 Å². The Labute approximate surface area is 203 Å². The lowest BCUT2D eigenvalue weighted by Gasteiger charge is -2.32. The molecule has 2 atom stereocenters. The van der Waals surface area contributed by atoms with E-state index < -0.39 is 47.6 Å². The van der Waals surface area contributed by atoms with Gasteiger partial charge in [-0.3, -0.25) is 9.69 Å². The van der Waals surface area contributed by atoms with Gasteiger partial charge in [0, 0.05) is 11.8 Å². The molecule has 2 aromatic rings. The highest BCUT2D eigenvalue weighted by molar-refractivity contribution is 7.81. The lowest BCUT2D eigenvalue weighted by atomic mass is 10.0. The third-order valence-electron chi connectivity index (χ3n) is 5.84. The van der Waals surface area contributed by atoms with Crippen LogP contribution in [0.2, 0.25) is 0 Å². The fraction of sp³-hybridized carbons (Fsp3) is 0.348. The molecule has 1 unspecified atom stereocenters. The summed E-state index contributed by atoms with van der Waals surface area (Å²) in [5.41, 5.74) is -2.66.